The monoisotopic (exact) mass is 466 g/mol. The Bertz CT molecular complexity index is 1140. The van der Waals surface area contributed by atoms with Crippen molar-refractivity contribution in [3.63, 3.8) is 0 Å². The summed E-state index contributed by atoms with van der Waals surface area (Å²) in [5.41, 5.74) is 3.35. The lowest BCUT2D eigenvalue weighted by Gasteiger charge is -2.34. The molecule has 1 amide bonds. The fourth-order valence-corrected chi connectivity index (χ4v) is 4.42. The van der Waals surface area contributed by atoms with Gasteiger partial charge in [-0.25, -0.2) is 0 Å². The third kappa shape index (κ3) is 4.84. The summed E-state index contributed by atoms with van der Waals surface area (Å²) in [6, 6.07) is 13.7. The number of ether oxygens (including phenoxy) is 2. The van der Waals surface area contributed by atoms with E-state index in [-0.39, 0.29) is 5.91 Å². The molecule has 33 heavy (non-hydrogen) atoms. The Kier molecular flexibility index (Phi) is 6.24. The second-order valence-corrected chi connectivity index (χ2v) is 8.91. The van der Waals surface area contributed by atoms with Gasteiger partial charge >= 0.3 is 0 Å². The molecule has 1 fully saturated rings. The van der Waals surface area contributed by atoms with Crippen LogP contribution in [-0.2, 0) is 13.6 Å². The van der Waals surface area contributed by atoms with Crippen LogP contribution in [-0.4, -0.2) is 64.9 Å². The van der Waals surface area contributed by atoms with Gasteiger partial charge in [0.15, 0.2) is 11.5 Å². The van der Waals surface area contributed by atoms with Gasteiger partial charge in [-0.2, -0.15) is 5.10 Å². The minimum Gasteiger partial charge on any atom is -0.490 e. The lowest BCUT2D eigenvalue weighted by atomic mass is 10.1. The molecule has 1 aromatic heterocycles. The lowest BCUT2D eigenvalue weighted by molar-refractivity contribution is 0.0629. The molecule has 2 aliphatic heterocycles. The van der Waals surface area contributed by atoms with Gasteiger partial charge in [-0.05, 0) is 35.9 Å². The second kappa shape index (κ2) is 9.45. The summed E-state index contributed by atoms with van der Waals surface area (Å²) < 4.78 is 13.3. The van der Waals surface area contributed by atoms with Crippen LogP contribution >= 0.6 is 11.6 Å². The number of rotatable bonds is 4. The predicted molar refractivity (Wildman–Crippen MR) is 127 cm³/mol. The van der Waals surface area contributed by atoms with Gasteiger partial charge in [0.1, 0.15) is 5.69 Å². The third-order valence-electron chi connectivity index (χ3n) is 6.06. The average molecular weight is 467 g/mol. The van der Waals surface area contributed by atoms with Crippen LogP contribution in [0.2, 0.25) is 5.02 Å². The number of amides is 1. The van der Waals surface area contributed by atoms with Crippen molar-refractivity contribution in [2.45, 2.75) is 13.0 Å². The van der Waals surface area contributed by atoms with Crippen LogP contribution < -0.4 is 9.47 Å². The van der Waals surface area contributed by atoms with Gasteiger partial charge < -0.3 is 14.4 Å². The highest BCUT2D eigenvalue weighted by Gasteiger charge is 2.26. The number of aryl methyl sites for hydroxylation is 1. The van der Waals surface area contributed by atoms with Gasteiger partial charge in [0.05, 0.1) is 18.8 Å². The average Bonchev–Trinajstić information content (AvgIpc) is 3.07. The number of halogens is 1. The zero-order valence-corrected chi connectivity index (χ0v) is 19.4. The van der Waals surface area contributed by atoms with Gasteiger partial charge in [-0.3, -0.25) is 14.4 Å². The van der Waals surface area contributed by atoms with Gasteiger partial charge in [0.2, 0.25) is 0 Å². The summed E-state index contributed by atoms with van der Waals surface area (Å²) in [6.07, 6.45) is 2.65. The van der Waals surface area contributed by atoms with Gasteiger partial charge in [0, 0.05) is 63.0 Å². The van der Waals surface area contributed by atoms with E-state index in [1.807, 2.05) is 42.3 Å². The molecular formula is C25H27ClN4O3. The smallest absolute Gasteiger partial charge is 0.257 e. The Morgan fingerprint density at radius 3 is 2.48 bits per heavy atom. The van der Waals surface area contributed by atoms with E-state index in [2.05, 4.69) is 22.1 Å². The lowest BCUT2D eigenvalue weighted by Crippen LogP contribution is -2.48. The molecule has 1 saturated heterocycles. The van der Waals surface area contributed by atoms with Crippen LogP contribution in [0.15, 0.2) is 48.7 Å². The Labute approximate surface area is 198 Å². The SMILES string of the molecule is Cn1cc(C(=O)N2CCN(Cc3ccc(Cl)cc3)CC2)c(-c2ccc3c(c2)OCCCO3)n1. The van der Waals surface area contributed by atoms with Crippen molar-refractivity contribution in [1.82, 2.24) is 19.6 Å². The molecule has 5 rings (SSSR count). The van der Waals surface area contributed by atoms with Gasteiger partial charge in [-0.15, -0.1) is 0 Å². The van der Waals surface area contributed by atoms with Crippen molar-refractivity contribution in [2.75, 3.05) is 39.4 Å². The van der Waals surface area contributed by atoms with Crippen LogP contribution in [0.25, 0.3) is 11.3 Å². The summed E-state index contributed by atoms with van der Waals surface area (Å²) in [4.78, 5) is 17.7. The molecule has 2 aliphatic rings. The summed E-state index contributed by atoms with van der Waals surface area (Å²) in [7, 11) is 1.84. The first-order chi connectivity index (χ1) is 16.1. The molecular weight excluding hydrogens is 440 g/mol. The number of aromatic nitrogens is 2. The van der Waals surface area contributed by atoms with Crippen LogP contribution in [0, 0.1) is 0 Å². The summed E-state index contributed by atoms with van der Waals surface area (Å²) in [6.45, 7) is 5.13. The molecule has 0 N–H and O–H groups in total. The van der Waals surface area contributed by atoms with E-state index in [0.29, 0.717) is 43.3 Å². The van der Waals surface area contributed by atoms with Crippen molar-refractivity contribution in [2.24, 2.45) is 7.05 Å². The fraction of sp³-hybridized carbons (Fsp3) is 0.360. The van der Waals surface area contributed by atoms with Gasteiger partial charge in [-0.1, -0.05) is 23.7 Å². The Hall–Kier alpha value is -3.03. The predicted octanol–water partition coefficient (Wildman–Crippen LogP) is 3.86. The fourth-order valence-electron chi connectivity index (χ4n) is 4.30. The first-order valence-electron chi connectivity index (χ1n) is 11.3. The molecule has 0 radical (unpaired) electrons. The zero-order chi connectivity index (χ0) is 22.8. The molecule has 3 aromatic rings. The normalized spacial score (nSPS) is 16.5. The number of hydrogen-bond donors (Lipinski definition) is 0. The van der Waals surface area contributed by atoms with E-state index in [0.717, 1.165) is 42.4 Å². The van der Waals surface area contributed by atoms with E-state index in [9.17, 15) is 4.79 Å². The number of carbonyl (C=O) groups excluding carboxylic acids is 1. The molecule has 0 unspecified atom stereocenters. The maximum atomic E-state index is 13.4. The van der Waals surface area contributed by atoms with E-state index in [4.69, 9.17) is 21.1 Å². The van der Waals surface area contributed by atoms with E-state index < -0.39 is 0 Å². The number of nitrogens with zero attached hydrogens (tertiary/aromatic N) is 4. The minimum absolute atomic E-state index is 0.0105. The summed E-state index contributed by atoms with van der Waals surface area (Å²) >= 11 is 5.99. The van der Waals surface area contributed by atoms with E-state index in [1.165, 1.54) is 5.56 Å². The highest BCUT2D eigenvalue weighted by atomic mass is 35.5. The van der Waals surface area contributed by atoms with Crippen LogP contribution in [0.4, 0.5) is 0 Å². The van der Waals surface area contributed by atoms with Crippen molar-refractivity contribution in [3.8, 4) is 22.8 Å². The van der Waals surface area contributed by atoms with E-state index >= 15 is 0 Å². The molecule has 0 aliphatic carbocycles. The molecule has 0 atom stereocenters. The summed E-state index contributed by atoms with van der Waals surface area (Å²) in [5, 5.41) is 5.34. The largest absolute Gasteiger partial charge is 0.490 e. The first kappa shape index (κ1) is 21.8. The molecule has 8 heteroatoms. The second-order valence-electron chi connectivity index (χ2n) is 8.47. The molecule has 3 heterocycles. The molecule has 2 aromatic carbocycles. The standard InChI is InChI=1S/C25H27ClN4O3/c1-28-17-21(24(27-28)19-5-8-22-23(15-19)33-14-2-13-32-22)25(31)30-11-9-29(10-12-30)16-18-3-6-20(26)7-4-18/h3-8,15,17H,2,9-14,16H2,1H3. The number of hydrogen-bond acceptors (Lipinski definition) is 5. The van der Waals surface area contributed by atoms with Crippen LogP contribution in [0.3, 0.4) is 0 Å². The van der Waals surface area contributed by atoms with Crippen LogP contribution in [0.5, 0.6) is 11.5 Å². The summed E-state index contributed by atoms with van der Waals surface area (Å²) in [5.74, 6) is 1.44. The van der Waals surface area contributed by atoms with Crippen molar-refractivity contribution in [1.29, 1.82) is 0 Å². The quantitative estimate of drug-likeness (QED) is 0.584. The Morgan fingerprint density at radius 1 is 1.00 bits per heavy atom. The molecule has 7 nitrogen and oxygen atoms in total. The number of benzene rings is 2. The molecule has 0 spiro atoms. The first-order valence-corrected chi connectivity index (χ1v) is 11.6. The minimum atomic E-state index is 0.0105. The maximum Gasteiger partial charge on any atom is 0.257 e. The zero-order valence-electron chi connectivity index (χ0n) is 18.7. The van der Waals surface area contributed by atoms with Crippen molar-refractivity contribution < 1.29 is 14.3 Å². The van der Waals surface area contributed by atoms with E-state index in [1.54, 1.807) is 10.9 Å². The third-order valence-corrected chi connectivity index (χ3v) is 6.31. The number of piperazine rings is 1. The van der Waals surface area contributed by atoms with Gasteiger partial charge in [0.25, 0.3) is 5.91 Å². The Balaban J connectivity index is 1.29. The topological polar surface area (TPSA) is 59.8 Å². The molecule has 0 saturated carbocycles. The van der Waals surface area contributed by atoms with Crippen molar-refractivity contribution in [3.05, 3.63) is 64.8 Å². The van der Waals surface area contributed by atoms with Crippen LogP contribution in [0.1, 0.15) is 22.3 Å². The molecule has 0 bridgehead atoms. The Morgan fingerprint density at radius 2 is 1.73 bits per heavy atom. The number of carbonyl (C=O) groups is 1. The molecule has 172 valence electrons. The highest BCUT2D eigenvalue weighted by molar-refractivity contribution is 6.30. The number of fused-ring (bicyclic) bond motifs is 1. The maximum absolute atomic E-state index is 13.4. The highest BCUT2D eigenvalue weighted by Crippen LogP contribution is 2.35. The van der Waals surface area contributed by atoms with Crippen molar-refractivity contribution >= 4 is 17.5 Å².